The standard InChI is InChI=1S/C13H12F2N2O/c14-9-1-2-11(15)10(7-9)12(18)5-8-3-4-17-13(16)6-8/h1-4,6-7,12,18H,5H2,(H2,16,17). The number of nitrogens with zero attached hydrogens (tertiary/aromatic N) is 1. The van der Waals surface area contributed by atoms with Crippen LogP contribution in [0.4, 0.5) is 14.6 Å². The van der Waals surface area contributed by atoms with Crippen molar-refractivity contribution in [2.75, 3.05) is 5.73 Å². The zero-order chi connectivity index (χ0) is 13.1. The van der Waals surface area contributed by atoms with Crippen LogP contribution in [0.2, 0.25) is 0 Å². The van der Waals surface area contributed by atoms with E-state index in [1.807, 2.05) is 0 Å². The summed E-state index contributed by atoms with van der Waals surface area (Å²) in [6.07, 6.45) is 0.523. The van der Waals surface area contributed by atoms with Gasteiger partial charge in [0.1, 0.15) is 17.5 Å². The van der Waals surface area contributed by atoms with E-state index in [1.54, 1.807) is 12.1 Å². The Balaban J connectivity index is 2.21. The molecular formula is C13H12F2N2O. The van der Waals surface area contributed by atoms with Gasteiger partial charge in [-0.1, -0.05) is 0 Å². The van der Waals surface area contributed by atoms with Gasteiger partial charge >= 0.3 is 0 Å². The maximum Gasteiger partial charge on any atom is 0.129 e. The van der Waals surface area contributed by atoms with Gasteiger partial charge in [-0.3, -0.25) is 0 Å². The maximum absolute atomic E-state index is 13.4. The van der Waals surface area contributed by atoms with E-state index in [0.29, 0.717) is 11.4 Å². The van der Waals surface area contributed by atoms with E-state index >= 15 is 0 Å². The normalized spacial score (nSPS) is 12.4. The molecule has 2 rings (SSSR count). The van der Waals surface area contributed by atoms with Crippen LogP contribution in [-0.2, 0) is 6.42 Å². The predicted molar refractivity (Wildman–Crippen MR) is 63.7 cm³/mol. The van der Waals surface area contributed by atoms with E-state index in [4.69, 9.17) is 5.73 Å². The van der Waals surface area contributed by atoms with Gasteiger partial charge in [0.25, 0.3) is 0 Å². The van der Waals surface area contributed by atoms with Crippen LogP contribution >= 0.6 is 0 Å². The minimum Gasteiger partial charge on any atom is -0.388 e. The number of aliphatic hydroxyl groups excluding tert-OH is 1. The molecule has 5 heteroatoms. The Morgan fingerprint density at radius 1 is 1.22 bits per heavy atom. The molecule has 0 fully saturated rings. The average Bonchev–Trinajstić information content (AvgIpc) is 2.32. The highest BCUT2D eigenvalue weighted by molar-refractivity contribution is 5.33. The number of nitrogen functional groups attached to an aromatic ring is 1. The van der Waals surface area contributed by atoms with Gasteiger partial charge in [0.15, 0.2) is 0 Å². The molecule has 0 aliphatic rings. The topological polar surface area (TPSA) is 59.1 Å². The van der Waals surface area contributed by atoms with Crippen molar-refractivity contribution < 1.29 is 13.9 Å². The molecule has 0 spiro atoms. The van der Waals surface area contributed by atoms with Crippen molar-refractivity contribution >= 4 is 5.82 Å². The van der Waals surface area contributed by atoms with E-state index < -0.39 is 17.7 Å². The first kappa shape index (κ1) is 12.4. The van der Waals surface area contributed by atoms with Gasteiger partial charge in [0, 0.05) is 18.2 Å². The zero-order valence-corrected chi connectivity index (χ0v) is 9.48. The molecule has 0 aliphatic carbocycles. The van der Waals surface area contributed by atoms with Crippen LogP contribution in [0.1, 0.15) is 17.2 Å². The van der Waals surface area contributed by atoms with Crippen molar-refractivity contribution in [2.45, 2.75) is 12.5 Å². The Bertz CT molecular complexity index is 560. The first-order chi connectivity index (χ1) is 8.56. The third kappa shape index (κ3) is 2.81. The molecule has 1 aromatic heterocycles. The minimum atomic E-state index is -1.12. The van der Waals surface area contributed by atoms with Gasteiger partial charge in [-0.15, -0.1) is 0 Å². The quantitative estimate of drug-likeness (QED) is 0.878. The Hall–Kier alpha value is -2.01. The molecule has 0 aliphatic heterocycles. The number of hydrogen-bond acceptors (Lipinski definition) is 3. The average molecular weight is 250 g/mol. The number of halogens is 2. The highest BCUT2D eigenvalue weighted by Gasteiger charge is 2.14. The molecule has 0 radical (unpaired) electrons. The van der Waals surface area contributed by atoms with Crippen LogP contribution in [0.5, 0.6) is 0 Å². The van der Waals surface area contributed by atoms with E-state index in [9.17, 15) is 13.9 Å². The molecule has 0 saturated heterocycles. The van der Waals surface area contributed by atoms with Crippen LogP contribution in [0, 0.1) is 11.6 Å². The summed E-state index contributed by atoms with van der Waals surface area (Å²) in [5.41, 5.74) is 6.14. The predicted octanol–water partition coefficient (Wildman–Crippen LogP) is 2.22. The van der Waals surface area contributed by atoms with Crippen molar-refractivity contribution in [2.24, 2.45) is 0 Å². The first-order valence-electron chi connectivity index (χ1n) is 5.39. The molecule has 3 nitrogen and oxygen atoms in total. The second-order valence-electron chi connectivity index (χ2n) is 3.97. The van der Waals surface area contributed by atoms with Crippen LogP contribution in [0.15, 0.2) is 36.5 Å². The Kier molecular flexibility index (Phi) is 3.53. The molecular weight excluding hydrogens is 238 g/mol. The van der Waals surface area contributed by atoms with Crippen LogP contribution in [0.25, 0.3) is 0 Å². The SMILES string of the molecule is Nc1cc(CC(O)c2cc(F)ccc2F)ccn1. The molecule has 0 amide bonds. The van der Waals surface area contributed by atoms with Crippen molar-refractivity contribution in [1.82, 2.24) is 4.98 Å². The summed E-state index contributed by atoms with van der Waals surface area (Å²) in [6, 6.07) is 6.24. The summed E-state index contributed by atoms with van der Waals surface area (Å²) < 4.78 is 26.4. The van der Waals surface area contributed by atoms with Gasteiger partial charge in [-0.2, -0.15) is 0 Å². The third-order valence-electron chi connectivity index (χ3n) is 2.59. The third-order valence-corrected chi connectivity index (χ3v) is 2.59. The van der Waals surface area contributed by atoms with Crippen LogP contribution in [-0.4, -0.2) is 10.1 Å². The molecule has 1 heterocycles. The lowest BCUT2D eigenvalue weighted by Crippen LogP contribution is -2.05. The number of rotatable bonds is 3. The molecule has 18 heavy (non-hydrogen) atoms. The number of hydrogen-bond donors (Lipinski definition) is 2. The van der Waals surface area contributed by atoms with Gasteiger partial charge in [-0.05, 0) is 35.9 Å². The van der Waals surface area contributed by atoms with Gasteiger partial charge in [-0.25, -0.2) is 13.8 Å². The van der Waals surface area contributed by atoms with Crippen molar-refractivity contribution in [1.29, 1.82) is 0 Å². The van der Waals surface area contributed by atoms with Crippen LogP contribution < -0.4 is 5.73 Å². The molecule has 0 bridgehead atoms. The second-order valence-corrected chi connectivity index (χ2v) is 3.97. The Morgan fingerprint density at radius 3 is 2.72 bits per heavy atom. The fourth-order valence-corrected chi connectivity index (χ4v) is 1.72. The van der Waals surface area contributed by atoms with E-state index in [2.05, 4.69) is 4.98 Å². The van der Waals surface area contributed by atoms with Gasteiger partial charge < -0.3 is 10.8 Å². The fraction of sp³-hybridized carbons (Fsp3) is 0.154. The second kappa shape index (κ2) is 5.10. The van der Waals surface area contributed by atoms with Gasteiger partial charge in [0.05, 0.1) is 6.10 Å². The lowest BCUT2D eigenvalue weighted by molar-refractivity contribution is 0.173. The summed E-state index contributed by atoms with van der Waals surface area (Å²) in [5, 5.41) is 9.90. The fourth-order valence-electron chi connectivity index (χ4n) is 1.72. The number of pyridine rings is 1. The lowest BCUT2D eigenvalue weighted by atomic mass is 10.0. The number of aliphatic hydroxyl groups is 1. The lowest BCUT2D eigenvalue weighted by Gasteiger charge is -2.12. The number of benzene rings is 1. The van der Waals surface area contributed by atoms with E-state index in [-0.39, 0.29) is 12.0 Å². The summed E-state index contributed by atoms with van der Waals surface area (Å²) in [7, 11) is 0. The van der Waals surface area contributed by atoms with E-state index in [1.165, 1.54) is 6.20 Å². The molecule has 0 saturated carbocycles. The van der Waals surface area contributed by atoms with Crippen molar-refractivity contribution in [3.8, 4) is 0 Å². The summed E-state index contributed by atoms with van der Waals surface area (Å²) in [6.45, 7) is 0. The van der Waals surface area contributed by atoms with Crippen molar-refractivity contribution in [3.05, 3.63) is 59.3 Å². The summed E-state index contributed by atoms with van der Waals surface area (Å²) in [5.74, 6) is -0.898. The summed E-state index contributed by atoms with van der Waals surface area (Å²) >= 11 is 0. The summed E-state index contributed by atoms with van der Waals surface area (Å²) in [4.78, 5) is 3.81. The smallest absolute Gasteiger partial charge is 0.129 e. The highest BCUT2D eigenvalue weighted by Crippen LogP contribution is 2.22. The largest absolute Gasteiger partial charge is 0.388 e. The number of anilines is 1. The van der Waals surface area contributed by atoms with Crippen molar-refractivity contribution in [3.63, 3.8) is 0 Å². The first-order valence-corrected chi connectivity index (χ1v) is 5.39. The molecule has 1 atom stereocenters. The van der Waals surface area contributed by atoms with E-state index in [0.717, 1.165) is 18.2 Å². The molecule has 1 aromatic carbocycles. The van der Waals surface area contributed by atoms with Crippen LogP contribution in [0.3, 0.4) is 0 Å². The van der Waals surface area contributed by atoms with Gasteiger partial charge in [0.2, 0.25) is 0 Å². The zero-order valence-electron chi connectivity index (χ0n) is 9.48. The molecule has 94 valence electrons. The number of aromatic nitrogens is 1. The molecule has 1 unspecified atom stereocenters. The minimum absolute atomic E-state index is 0.0645. The monoisotopic (exact) mass is 250 g/mol. The Labute approximate surface area is 103 Å². The molecule has 3 N–H and O–H groups in total. The number of nitrogens with two attached hydrogens (primary N) is 1. The highest BCUT2D eigenvalue weighted by atomic mass is 19.1. The Morgan fingerprint density at radius 2 is 2.00 bits per heavy atom. The maximum atomic E-state index is 13.4. The molecule has 2 aromatic rings.